The molecule has 0 unspecified atom stereocenters. The molecule has 2 saturated heterocycles. The van der Waals surface area contributed by atoms with Gasteiger partial charge < -0.3 is 15.5 Å². The van der Waals surface area contributed by atoms with E-state index in [0.717, 1.165) is 32.5 Å². The van der Waals surface area contributed by atoms with Gasteiger partial charge in [0.05, 0.1) is 0 Å². The Hall–Kier alpha value is -1.93. The number of rotatable bonds is 3. The van der Waals surface area contributed by atoms with E-state index in [1.807, 2.05) is 11.0 Å². The van der Waals surface area contributed by atoms with E-state index in [9.17, 15) is 13.2 Å². The predicted molar refractivity (Wildman–Crippen MR) is 93.8 cm³/mol. The number of likely N-dealkylation sites (tertiary alicyclic amines) is 1. The number of benzene rings is 1. The van der Waals surface area contributed by atoms with Crippen LogP contribution in [0.2, 0.25) is 0 Å². The predicted octanol–water partition coefficient (Wildman–Crippen LogP) is 0.183. The molecule has 25 heavy (non-hydrogen) atoms. The highest BCUT2D eigenvalue weighted by atomic mass is 32.2. The number of nitrogens with one attached hydrogen (secondary N) is 2. The third-order valence-corrected chi connectivity index (χ3v) is 6.53. The van der Waals surface area contributed by atoms with Crippen molar-refractivity contribution in [1.82, 2.24) is 15.5 Å². The number of sulfonamides is 1. The molecule has 8 heteroatoms. The first-order valence-corrected chi connectivity index (χ1v) is 10.2. The summed E-state index contributed by atoms with van der Waals surface area (Å²) in [6.45, 7) is 3.99. The van der Waals surface area contributed by atoms with E-state index in [-0.39, 0.29) is 16.7 Å². The first-order chi connectivity index (χ1) is 12.0. The number of nitrogens with zero attached hydrogens (tertiary/aromatic N) is 2. The molecule has 1 amide bonds. The molecule has 0 spiro atoms. The smallest absolute Gasteiger partial charge is 0.285 e. The monoisotopic (exact) mass is 362 g/mol. The Balaban J connectivity index is 1.38. The zero-order valence-corrected chi connectivity index (χ0v) is 14.8. The van der Waals surface area contributed by atoms with Gasteiger partial charge in [0.1, 0.15) is 4.90 Å². The van der Waals surface area contributed by atoms with Crippen LogP contribution in [-0.2, 0) is 14.8 Å². The van der Waals surface area contributed by atoms with Crippen molar-refractivity contribution in [2.75, 3.05) is 32.7 Å². The molecular weight excluding hydrogens is 340 g/mol. The van der Waals surface area contributed by atoms with Gasteiger partial charge in [-0.2, -0.15) is 8.42 Å². The van der Waals surface area contributed by atoms with E-state index in [0.29, 0.717) is 30.4 Å². The van der Waals surface area contributed by atoms with Gasteiger partial charge in [0, 0.05) is 50.1 Å². The van der Waals surface area contributed by atoms with Gasteiger partial charge >= 0.3 is 0 Å². The van der Waals surface area contributed by atoms with Crippen LogP contribution in [0.1, 0.15) is 18.4 Å². The number of carbonyl (C=O) groups is 1. The maximum atomic E-state index is 12.3. The van der Waals surface area contributed by atoms with Crippen molar-refractivity contribution in [2.45, 2.75) is 17.7 Å². The van der Waals surface area contributed by atoms with Crippen LogP contribution in [0.4, 0.5) is 0 Å². The van der Waals surface area contributed by atoms with Gasteiger partial charge in [-0.1, -0.05) is 12.1 Å². The fourth-order valence-electron chi connectivity index (χ4n) is 3.55. The van der Waals surface area contributed by atoms with Crippen molar-refractivity contribution >= 4 is 21.8 Å². The lowest BCUT2D eigenvalue weighted by atomic mass is 9.94. The zero-order valence-electron chi connectivity index (χ0n) is 13.9. The van der Waals surface area contributed by atoms with Gasteiger partial charge in [-0.15, -0.1) is 4.40 Å². The molecule has 3 heterocycles. The average molecular weight is 362 g/mol. The van der Waals surface area contributed by atoms with E-state index in [1.165, 1.54) is 0 Å². The van der Waals surface area contributed by atoms with Crippen molar-refractivity contribution in [3.63, 3.8) is 0 Å². The second-order valence-electron chi connectivity index (χ2n) is 6.92. The fourth-order valence-corrected chi connectivity index (χ4v) is 4.78. The number of amides is 1. The third-order valence-electron chi connectivity index (χ3n) is 5.21. The third kappa shape index (κ3) is 3.16. The van der Waals surface area contributed by atoms with Gasteiger partial charge in [0.15, 0.2) is 5.84 Å². The Morgan fingerprint density at radius 1 is 1.24 bits per heavy atom. The summed E-state index contributed by atoms with van der Waals surface area (Å²) in [6.07, 6.45) is 1.44. The summed E-state index contributed by atoms with van der Waals surface area (Å²) in [6, 6.07) is 6.93. The molecule has 7 nitrogen and oxygen atoms in total. The lowest BCUT2D eigenvalue weighted by Crippen LogP contribution is -2.50. The molecule has 2 N–H and O–H groups in total. The molecule has 4 rings (SSSR count). The van der Waals surface area contributed by atoms with Crippen molar-refractivity contribution in [3.05, 3.63) is 29.8 Å². The Kier molecular flexibility index (Phi) is 4.24. The minimum atomic E-state index is -3.59. The molecule has 0 saturated carbocycles. The summed E-state index contributed by atoms with van der Waals surface area (Å²) in [4.78, 5) is 14.6. The van der Waals surface area contributed by atoms with Crippen molar-refractivity contribution in [2.24, 2.45) is 16.2 Å². The molecule has 134 valence electrons. The topological polar surface area (TPSA) is 90.9 Å². The Labute approximate surface area is 147 Å². The van der Waals surface area contributed by atoms with Crippen molar-refractivity contribution in [3.8, 4) is 0 Å². The fraction of sp³-hybridized carbons (Fsp3) is 0.529. The Bertz CT molecular complexity index is 809. The average Bonchev–Trinajstić information content (AvgIpc) is 2.85. The highest BCUT2D eigenvalue weighted by molar-refractivity contribution is 7.90. The quantitative estimate of drug-likeness (QED) is 0.801. The number of hydrogen-bond acceptors (Lipinski definition) is 5. The van der Waals surface area contributed by atoms with Crippen LogP contribution in [0, 0.1) is 11.8 Å². The number of carbonyl (C=O) groups excluding carboxylic acids is 1. The van der Waals surface area contributed by atoms with Crippen molar-refractivity contribution < 1.29 is 13.2 Å². The number of fused-ring (bicyclic) bond motifs is 1. The normalized spacial score (nSPS) is 22.9. The van der Waals surface area contributed by atoms with E-state index in [1.54, 1.807) is 18.2 Å². The van der Waals surface area contributed by atoms with Crippen LogP contribution in [-0.4, -0.2) is 57.8 Å². The minimum Gasteiger partial charge on any atom is -0.355 e. The molecular formula is C17H22N4O3S. The van der Waals surface area contributed by atoms with Gasteiger partial charge in [-0.25, -0.2) is 0 Å². The summed E-state index contributed by atoms with van der Waals surface area (Å²) in [5.41, 5.74) is 0.669. The minimum absolute atomic E-state index is 0.00172. The lowest BCUT2D eigenvalue weighted by Gasteiger charge is -2.33. The number of amidine groups is 1. The van der Waals surface area contributed by atoms with Crippen LogP contribution in [0.15, 0.2) is 33.6 Å². The second kappa shape index (κ2) is 6.42. The standard InChI is InChI=1S/C17H22N4O3S/c22-17(19-11-12-9-18-10-12)13-5-7-21(8-6-13)16-14-3-1-2-4-15(14)25(23,24)20-16/h1-4,12-13,18H,5-11H2,(H,19,22). The molecule has 3 aliphatic rings. The summed E-state index contributed by atoms with van der Waals surface area (Å²) in [7, 11) is -3.59. The summed E-state index contributed by atoms with van der Waals surface area (Å²) in [5, 5.41) is 6.24. The van der Waals surface area contributed by atoms with E-state index >= 15 is 0 Å². The SMILES string of the molecule is O=C(NCC1CNC1)C1CCN(C2=NS(=O)(=O)c3ccccc32)CC1. The molecule has 0 bridgehead atoms. The number of hydrogen-bond donors (Lipinski definition) is 2. The van der Waals surface area contributed by atoms with Crippen LogP contribution >= 0.6 is 0 Å². The molecule has 2 fully saturated rings. The largest absolute Gasteiger partial charge is 0.355 e. The maximum absolute atomic E-state index is 12.3. The van der Waals surface area contributed by atoms with Gasteiger partial charge in [0.2, 0.25) is 5.91 Å². The number of piperidine rings is 1. The molecule has 1 aromatic rings. The maximum Gasteiger partial charge on any atom is 0.285 e. The van der Waals surface area contributed by atoms with E-state index in [4.69, 9.17) is 0 Å². The second-order valence-corrected chi connectivity index (χ2v) is 8.49. The Morgan fingerprint density at radius 2 is 1.96 bits per heavy atom. The summed E-state index contributed by atoms with van der Waals surface area (Å²) >= 11 is 0. The highest BCUT2D eigenvalue weighted by Gasteiger charge is 2.34. The Morgan fingerprint density at radius 3 is 2.64 bits per heavy atom. The van der Waals surface area contributed by atoms with Gasteiger partial charge in [-0.3, -0.25) is 4.79 Å². The molecule has 0 atom stereocenters. The van der Waals surface area contributed by atoms with Crippen LogP contribution < -0.4 is 10.6 Å². The summed E-state index contributed by atoms with van der Waals surface area (Å²) in [5.74, 6) is 1.19. The lowest BCUT2D eigenvalue weighted by molar-refractivity contribution is -0.126. The molecule has 0 aliphatic carbocycles. The van der Waals surface area contributed by atoms with Gasteiger partial charge in [0.25, 0.3) is 10.0 Å². The zero-order chi connectivity index (χ0) is 17.4. The molecule has 1 aromatic carbocycles. The molecule has 3 aliphatic heterocycles. The van der Waals surface area contributed by atoms with Crippen LogP contribution in [0.3, 0.4) is 0 Å². The van der Waals surface area contributed by atoms with Crippen LogP contribution in [0.25, 0.3) is 0 Å². The van der Waals surface area contributed by atoms with Gasteiger partial charge in [-0.05, 0) is 25.0 Å². The first kappa shape index (κ1) is 16.5. The first-order valence-electron chi connectivity index (χ1n) is 8.72. The van der Waals surface area contributed by atoms with E-state index < -0.39 is 10.0 Å². The van der Waals surface area contributed by atoms with Crippen LogP contribution in [0.5, 0.6) is 0 Å². The van der Waals surface area contributed by atoms with Crippen molar-refractivity contribution in [1.29, 1.82) is 0 Å². The molecule has 0 radical (unpaired) electrons. The molecule has 0 aromatic heterocycles. The van der Waals surface area contributed by atoms with E-state index in [2.05, 4.69) is 15.0 Å². The summed E-state index contributed by atoms with van der Waals surface area (Å²) < 4.78 is 28.3. The highest BCUT2D eigenvalue weighted by Crippen LogP contribution is 2.29.